The van der Waals surface area contributed by atoms with Crippen molar-refractivity contribution in [3.63, 3.8) is 0 Å². The first-order chi connectivity index (χ1) is 11.4. The van der Waals surface area contributed by atoms with Crippen molar-refractivity contribution in [1.82, 2.24) is 4.98 Å². The van der Waals surface area contributed by atoms with Gasteiger partial charge in [0.2, 0.25) is 5.91 Å². The van der Waals surface area contributed by atoms with Gasteiger partial charge < -0.3 is 9.73 Å². The molecule has 0 saturated carbocycles. The summed E-state index contributed by atoms with van der Waals surface area (Å²) in [5, 5.41) is 2.63. The second-order valence-electron chi connectivity index (χ2n) is 4.97. The molecule has 3 aromatic rings. The van der Waals surface area contributed by atoms with E-state index in [-0.39, 0.29) is 5.69 Å². The lowest BCUT2D eigenvalue weighted by molar-refractivity contribution is -0.115. The maximum absolute atomic E-state index is 13.6. The summed E-state index contributed by atoms with van der Waals surface area (Å²) in [7, 11) is 0. The number of aromatic nitrogens is 1. The predicted molar refractivity (Wildman–Crippen MR) is 89.3 cm³/mol. The Hall–Kier alpha value is -2.12. The van der Waals surface area contributed by atoms with Crippen molar-refractivity contribution in [1.29, 1.82) is 0 Å². The van der Waals surface area contributed by atoms with E-state index in [2.05, 4.69) is 10.3 Å². The number of amides is 1. The number of fused-ring (bicyclic) bond motifs is 1. The van der Waals surface area contributed by atoms with Crippen molar-refractivity contribution < 1.29 is 18.0 Å². The predicted octanol–water partition coefficient (Wildman–Crippen LogP) is 4.88. The first-order valence-electron chi connectivity index (χ1n) is 6.91. The third kappa shape index (κ3) is 3.68. The van der Waals surface area contributed by atoms with E-state index in [0.29, 0.717) is 27.4 Å². The highest BCUT2D eigenvalue weighted by atomic mass is 35.5. The van der Waals surface area contributed by atoms with E-state index in [1.807, 2.05) is 0 Å². The van der Waals surface area contributed by atoms with Gasteiger partial charge in [0.15, 0.2) is 5.58 Å². The molecule has 8 heteroatoms. The number of hydrogen-bond donors (Lipinski definition) is 1. The number of oxazole rings is 1. The van der Waals surface area contributed by atoms with E-state index < -0.39 is 22.8 Å². The summed E-state index contributed by atoms with van der Waals surface area (Å²) in [5.74, 6) is -2.00. The third-order valence-electron chi connectivity index (χ3n) is 3.17. The molecule has 0 bridgehead atoms. The van der Waals surface area contributed by atoms with Gasteiger partial charge in [0.05, 0.1) is 10.9 Å². The highest BCUT2D eigenvalue weighted by Gasteiger charge is 2.19. The van der Waals surface area contributed by atoms with E-state index in [4.69, 9.17) is 16.0 Å². The molecule has 4 nitrogen and oxygen atoms in total. The summed E-state index contributed by atoms with van der Waals surface area (Å²) < 4.78 is 32.0. The Kier molecular flexibility index (Phi) is 4.73. The van der Waals surface area contributed by atoms with Gasteiger partial charge in [0.25, 0.3) is 5.22 Å². The molecule has 1 aromatic heterocycles. The molecule has 3 rings (SSSR count). The molecular formula is C16H11ClF2N2O2S. The van der Waals surface area contributed by atoms with E-state index in [0.717, 1.165) is 17.8 Å². The molecule has 0 unspecified atom stereocenters. The topological polar surface area (TPSA) is 55.1 Å². The number of hydrogen-bond acceptors (Lipinski definition) is 4. The van der Waals surface area contributed by atoms with Gasteiger partial charge in [0.1, 0.15) is 17.2 Å². The average Bonchev–Trinajstić information content (AvgIpc) is 2.91. The Balaban J connectivity index is 1.70. The maximum atomic E-state index is 13.6. The molecule has 24 heavy (non-hydrogen) atoms. The van der Waals surface area contributed by atoms with Crippen LogP contribution in [0, 0.1) is 11.6 Å². The Bertz CT molecular complexity index is 916. The first-order valence-corrected chi connectivity index (χ1v) is 8.17. The van der Waals surface area contributed by atoms with Crippen molar-refractivity contribution in [2.24, 2.45) is 0 Å². The summed E-state index contributed by atoms with van der Waals surface area (Å²) in [5.41, 5.74) is 1.06. The van der Waals surface area contributed by atoms with Crippen LogP contribution in [0.2, 0.25) is 5.02 Å². The highest BCUT2D eigenvalue weighted by Crippen LogP contribution is 2.29. The van der Waals surface area contributed by atoms with E-state index in [1.54, 1.807) is 25.1 Å². The third-order valence-corrected chi connectivity index (χ3v) is 4.35. The summed E-state index contributed by atoms with van der Waals surface area (Å²) in [6.07, 6.45) is 0. The van der Waals surface area contributed by atoms with Crippen molar-refractivity contribution in [3.05, 3.63) is 53.1 Å². The van der Waals surface area contributed by atoms with Crippen LogP contribution in [0.5, 0.6) is 0 Å². The van der Waals surface area contributed by atoms with Crippen LogP contribution in [0.15, 0.2) is 46.0 Å². The summed E-state index contributed by atoms with van der Waals surface area (Å²) in [4.78, 5) is 16.4. The Morgan fingerprint density at radius 2 is 2.08 bits per heavy atom. The molecule has 2 aromatic carbocycles. The second-order valence-corrected chi connectivity index (χ2v) is 6.69. The van der Waals surface area contributed by atoms with E-state index >= 15 is 0 Å². The normalized spacial score (nSPS) is 12.3. The summed E-state index contributed by atoms with van der Waals surface area (Å²) in [6, 6.07) is 7.98. The van der Waals surface area contributed by atoms with Crippen molar-refractivity contribution in [3.8, 4) is 0 Å². The molecule has 1 heterocycles. The van der Waals surface area contributed by atoms with E-state index in [1.165, 1.54) is 6.07 Å². The molecule has 0 aliphatic heterocycles. The van der Waals surface area contributed by atoms with Crippen LogP contribution in [0.25, 0.3) is 11.1 Å². The van der Waals surface area contributed by atoms with Crippen molar-refractivity contribution in [2.75, 3.05) is 5.32 Å². The Morgan fingerprint density at radius 3 is 2.83 bits per heavy atom. The molecular weight excluding hydrogens is 358 g/mol. The molecule has 0 fully saturated rings. The van der Waals surface area contributed by atoms with Crippen LogP contribution in [0.1, 0.15) is 6.92 Å². The number of carbonyl (C=O) groups excluding carboxylic acids is 1. The minimum atomic E-state index is -0.836. The number of benzene rings is 2. The monoisotopic (exact) mass is 368 g/mol. The lowest BCUT2D eigenvalue weighted by Gasteiger charge is -2.10. The maximum Gasteiger partial charge on any atom is 0.257 e. The number of anilines is 1. The SMILES string of the molecule is C[C@H](Sc1nc2ccc(Cl)cc2o1)C(=O)Nc1ccc(F)cc1F. The molecule has 0 saturated heterocycles. The number of nitrogens with one attached hydrogen (secondary N) is 1. The van der Waals surface area contributed by atoms with Crippen LogP contribution in [0.4, 0.5) is 14.5 Å². The minimum Gasteiger partial charge on any atom is -0.431 e. The molecule has 0 aliphatic carbocycles. The zero-order chi connectivity index (χ0) is 17.3. The van der Waals surface area contributed by atoms with Crippen LogP contribution in [0.3, 0.4) is 0 Å². The standard InChI is InChI=1S/C16H11ClF2N2O2S/c1-8(15(22)20-12-5-3-10(18)7-11(12)19)24-16-21-13-4-2-9(17)6-14(13)23-16/h2-8H,1H3,(H,20,22)/t8-/m0/s1. The van der Waals surface area contributed by atoms with Gasteiger partial charge in [-0.1, -0.05) is 23.4 Å². The Labute approximate surface area is 145 Å². The number of carbonyl (C=O) groups is 1. The minimum absolute atomic E-state index is 0.0850. The molecule has 124 valence electrons. The lowest BCUT2D eigenvalue weighted by atomic mass is 10.3. The highest BCUT2D eigenvalue weighted by molar-refractivity contribution is 8.00. The average molecular weight is 369 g/mol. The van der Waals surface area contributed by atoms with Gasteiger partial charge in [0, 0.05) is 17.2 Å². The quantitative estimate of drug-likeness (QED) is 0.667. The zero-order valence-corrected chi connectivity index (χ0v) is 13.9. The van der Waals surface area contributed by atoms with Crippen molar-refractivity contribution >= 4 is 46.1 Å². The van der Waals surface area contributed by atoms with Crippen LogP contribution in [-0.4, -0.2) is 16.1 Å². The fraction of sp³-hybridized carbons (Fsp3) is 0.125. The number of halogens is 3. The van der Waals surface area contributed by atoms with Crippen LogP contribution in [-0.2, 0) is 4.79 Å². The van der Waals surface area contributed by atoms with Gasteiger partial charge in [-0.15, -0.1) is 0 Å². The second kappa shape index (κ2) is 6.78. The summed E-state index contributed by atoms with van der Waals surface area (Å²) >= 11 is 6.96. The fourth-order valence-corrected chi connectivity index (χ4v) is 2.88. The van der Waals surface area contributed by atoms with Gasteiger partial charge in [-0.05, 0) is 31.2 Å². The van der Waals surface area contributed by atoms with Crippen LogP contribution < -0.4 is 5.32 Å². The molecule has 1 amide bonds. The Morgan fingerprint density at radius 1 is 1.29 bits per heavy atom. The molecule has 0 spiro atoms. The van der Waals surface area contributed by atoms with Gasteiger partial charge >= 0.3 is 0 Å². The fourth-order valence-electron chi connectivity index (χ4n) is 1.96. The summed E-state index contributed by atoms with van der Waals surface area (Å²) in [6.45, 7) is 1.63. The zero-order valence-electron chi connectivity index (χ0n) is 12.3. The first kappa shape index (κ1) is 16.7. The lowest BCUT2D eigenvalue weighted by Crippen LogP contribution is -2.23. The van der Waals surface area contributed by atoms with Gasteiger partial charge in [-0.25, -0.2) is 13.8 Å². The van der Waals surface area contributed by atoms with Gasteiger partial charge in [-0.3, -0.25) is 4.79 Å². The van der Waals surface area contributed by atoms with Crippen LogP contribution >= 0.6 is 23.4 Å². The number of thioether (sulfide) groups is 1. The van der Waals surface area contributed by atoms with E-state index in [9.17, 15) is 13.6 Å². The van der Waals surface area contributed by atoms with Crippen molar-refractivity contribution in [2.45, 2.75) is 17.4 Å². The largest absolute Gasteiger partial charge is 0.431 e. The molecule has 1 atom stereocenters. The van der Waals surface area contributed by atoms with Gasteiger partial charge in [-0.2, -0.15) is 0 Å². The molecule has 0 radical (unpaired) electrons. The molecule has 1 N–H and O–H groups in total. The number of rotatable bonds is 4. The molecule has 0 aliphatic rings. The number of nitrogens with zero attached hydrogens (tertiary/aromatic N) is 1. The smallest absolute Gasteiger partial charge is 0.257 e.